The first-order valence-electron chi connectivity index (χ1n) is 5.43. The maximum Gasteiger partial charge on any atom is 0.254 e. The second-order valence-electron chi connectivity index (χ2n) is 4.48. The van der Waals surface area contributed by atoms with Gasteiger partial charge in [0.15, 0.2) is 0 Å². The molecule has 5 nitrogen and oxygen atoms in total. The molecule has 16 heavy (non-hydrogen) atoms. The van der Waals surface area contributed by atoms with E-state index in [4.69, 9.17) is 5.73 Å². The summed E-state index contributed by atoms with van der Waals surface area (Å²) in [5, 5.41) is 2.98. The van der Waals surface area contributed by atoms with Crippen molar-refractivity contribution in [2.75, 3.05) is 6.54 Å². The number of nitrogens with one attached hydrogen (secondary N) is 1. The van der Waals surface area contributed by atoms with Crippen molar-refractivity contribution in [3.8, 4) is 0 Å². The van der Waals surface area contributed by atoms with E-state index in [0.29, 0.717) is 18.0 Å². The second-order valence-corrected chi connectivity index (χ2v) is 4.48. The van der Waals surface area contributed by atoms with E-state index >= 15 is 0 Å². The Morgan fingerprint density at radius 1 is 1.56 bits per heavy atom. The summed E-state index contributed by atoms with van der Waals surface area (Å²) in [6.07, 6.45) is 6.69. The number of hydrogen-bond acceptors (Lipinski definition) is 4. The molecule has 1 aliphatic rings. The highest BCUT2D eigenvalue weighted by molar-refractivity contribution is 5.94. The van der Waals surface area contributed by atoms with Crippen LogP contribution in [0.3, 0.4) is 0 Å². The largest absolute Gasteiger partial charge is 0.345 e. The van der Waals surface area contributed by atoms with Crippen molar-refractivity contribution in [3.05, 3.63) is 24.3 Å². The van der Waals surface area contributed by atoms with E-state index in [-0.39, 0.29) is 11.4 Å². The van der Waals surface area contributed by atoms with Gasteiger partial charge < -0.3 is 11.1 Å². The van der Waals surface area contributed by atoms with Gasteiger partial charge in [0.1, 0.15) is 6.33 Å². The Balaban J connectivity index is 2.06. The van der Waals surface area contributed by atoms with E-state index in [1.165, 1.54) is 18.7 Å². The number of nitrogens with zero attached hydrogens (tertiary/aromatic N) is 2. The molecule has 0 radical (unpaired) electrons. The molecule has 0 aliphatic heterocycles. The number of aromatic nitrogens is 2. The average Bonchev–Trinajstić information content (AvgIpc) is 3.14. The van der Waals surface area contributed by atoms with Crippen LogP contribution in [-0.4, -0.2) is 28.0 Å². The molecule has 86 valence electrons. The van der Waals surface area contributed by atoms with Crippen molar-refractivity contribution in [2.45, 2.75) is 25.3 Å². The minimum Gasteiger partial charge on any atom is -0.345 e. The van der Waals surface area contributed by atoms with Gasteiger partial charge in [0.05, 0.1) is 11.1 Å². The van der Waals surface area contributed by atoms with Crippen molar-refractivity contribution in [1.82, 2.24) is 15.3 Å². The van der Waals surface area contributed by atoms with Crippen molar-refractivity contribution >= 4 is 5.91 Å². The van der Waals surface area contributed by atoms with Crippen LogP contribution in [0.5, 0.6) is 0 Å². The third-order valence-corrected chi connectivity index (χ3v) is 3.12. The molecule has 0 bridgehead atoms. The lowest BCUT2D eigenvalue weighted by atomic mass is 9.95. The van der Waals surface area contributed by atoms with E-state index in [1.807, 2.05) is 6.92 Å². The fourth-order valence-corrected chi connectivity index (χ4v) is 1.79. The molecule has 2 rings (SSSR count). The molecule has 5 heteroatoms. The van der Waals surface area contributed by atoms with Crippen LogP contribution >= 0.6 is 0 Å². The van der Waals surface area contributed by atoms with Crippen molar-refractivity contribution < 1.29 is 4.79 Å². The van der Waals surface area contributed by atoms with Gasteiger partial charge in [-0.05, 0) is 25.7 Å². The molecule has 1 amide bonds. The van der Waals surface area contributed by atoms with E-state index < -0.39 is 0 Å². The molecule has 1 unspecified atom stereocenters. The molecule has 0 saturated heterocycles. The van der Waals surface area contributed by atoms with Crippen molar-refractivity contribution in [3.63, 3.8) is 0 Å². The molecule has 1 aromatic heterocycles. The van der Waals surface area contributed by atoms with Gasteiger partial charge in [-0.25, -0.2) is 9.97 Å². The number of amides is 1. The Labute approximate surface area is 94.5 Å². The van der Waals surface area contributed by atoms with Crippen LogP contribution < -0.4 is 11.1 Å². The molecular weight excluding hydrogens is 204 g/mol. The van der Waals surface area contributed by atoms with E-state index in [1.54, 1.807) is 0 Å². The van der Waals surface area contributed by atoms with Crippen molar-refractivity contribution in [1.29, 1.82) is 0 Å². The molecule has 1 aromatic rings. The SMILES string of the molecule is CC(CN)(NC(=O)c1cncnc1)C1CC1. The first-order valence-corrected chi connectivity index (χ1v) is 5.43. The number of carbonyl (C=O) groups excluding carboxylic acids is 1. The van der Waals surface area contributed by atoms with E-state index in [9.17, 15) is 4.79 Å². The smallest absolute Gasteiger partial charge is 0.254 e. The Bertz CT molecular complexity index is 377. The van der Waals surface area contributed by atoms with Gasteiger partial charge in [0, 0.05) is 18.9 Å². The molecule has 0 spiro atoms. The first kappa shape index (κ1) is 11.0. The van der Waals surface area contributed by atoms with Crippen LogP contribution in [0.15, 0.2) is 18.7 Å². The molecule has 1 saturated carbocycles. The highest BCUT2D eigenvalue weighted by Crippen LogP contribution is 2.39. The van der Waals surface area contributed by atoms with Crippen LogP contribution in [-0.2, 0) is 0 Å². The standard InChI is InChI=1S/C11H16N4O/c1-11(6-12,9-2-3-9)15-10(16)8-4-13-7-14-5-8/h4-5,7,9H,2-3,6,12H2,1H3,(H,15,16). The van der Waals surface area contributed by atoms with Gasteiger partial charge in [0.2, 0.25) is 0 Å². The number of nitrogens with two attached hydrogens (primary N) is 1. The van der Waals surface area contributed by atoms with Gasteiger partial charge in [-0.15, -0.1) is 0 Å². The maximum absolute atomic E-state index is 11.9. The van der Waals surface area contributed by atoms with Crippen LogP contribution in [0.25, 0.3) is 0 Å². The second kappa shape index (κ2) is 4.17. The summed E-state index contributed by atoms with van der Waals surface area (Å²) in [6.45, 7) is 2.45. The zero-order chi connectivity index (χ0) is 11.6. The predicted molar refractivity (Wildman–Crippen MR) is 59.7 cm³/mol. The summed E-state index contributed by atoms with van der Waals surface area (Å²) in [6, 6.07) is 0. The van der Waals surface area contributed by atoms with Gasteiger partial charge in [-0.2, -0.15) is 0 Å². The normalized spacial score (nSPS) is 18.9. The third kappa shape index (κ3) is 2.19. The number of carbonyl (C=O) groups is 1. The fourth-order valence-electron chi connectivity index (χ4n) is 1.79. The minimum absolute atomic E-state index is 0.152. The zero-order valence-electron chi connectivity index (χ0n) is 9.31. The predicted octanol–water partition coefficient (Wildman–Crippen LogP) is 0.334. The van der Waals surface area contributed by atoms with Gasteiger partial charge in [-0.3, -0.25) is 4.79 Å². The van der Waals surface area contributed by atoms with Gasteiger partial charge in [0.25, 0.3) is 5.91 Å². The fraction of sp³-hybridized carbons (Fsp3) is 0.545. The molecule has 0 aromatic carbocycles. The summed E-state index contributed by atoms with van der Waals surface area (Å²) in [4.78, 5) is 19.5. The molecule has 3 N–H and O–H groups in total. The van der Waals surface area contributed by atoms with E-state index in [2.05, 4.69) is 15.3 Å². The highest BCUT2D eigenvalue weighted by Gasteiger charge is 2.41. The Hall–Kier alpha value is -1.49. The number of hydrogen-bond donors (Lipinski definition) is 2. The minimum atomic E-state index is -0.299. The molecule has 1 heterocycles. The lowest BCUT2D eigenvalue weighted by Crippen LogP contribution is -2.53. The number of rotatable bonds is 4. The van der Waals surface area contributed by atoms with E-state index in [0.717, 1.165) is 12.8 Å². The van der Waals surface area contributed by atoms with Crippen LogP contribution in [0.1, 0.15) is 30.1 Å². The molecular formula is C11H16N4O. The quantitative estimate of drug-likeness (QED) is 0.766. The topological polar surface area (TPSA) is 80.9 Å². The highest BCUT2D eigenvalue weighted by atomic mass is 16.1. The van der Waals surface area contributed by atoms with Crippen molar-refractivity contribution in [2.24, 2.45) is 11.7 Å². The summed E-state index contributed by atoms with van der Waals surface area (Å²) in [5.74, 6) is 0.353. The molecule has 1 fully saturated rings. The zero-order valence-corrected chi connectivity index (χ0v) is 9.31. The molecule has 1 aliphatic carbocycles. The third-order valence-electron chi connectivity index (χ3n) is 3.12. The lowest BCUT2D eigenvalue weighted by Gasteiger charge is -2.29. The van der Waals surface area contributed by atoms with Crippen LogP contribution in [0.4, 0.5) is 0 Å². The Morgan fingerprint density at radius 3 is 2.69 bits per heavy atom. The Morgan fingerprint density at radius 2 is 2.19 bits per heavy atom. The monoisotopic (exact) mass is 220 g/mol. The van der Waals surface area contributed by atoms with Gasteiger partial charge in [-0.1, -0.05) is 0 Å². The van der Waals surface area contributed by atoms with Gasteiger partial charge >= 0.3 is 0 Å². The average molecular weight is 220 g/mol. The summed E-state index contributed by atoms with van der Waals surface area (Å²) >= 11 is 0. The lowest BCUT2D eigenvalue weighted by molar-refractivity contribution is 0.0897. The molecule has 1 atom stereocenters. The summed E-state index contributed by atoms with van der Waals surface area (Å²) in [7, 11) is 0. The first-order chi connectivity index (χ1) is 7.65. The van der Waals surface area contributed by atoms with Crippen LogP contribution in [0.2, 0.25) is 0 Å². The Kier molecular flexibility index (Phi) is 2.87. The van der Waals surface area contributed by atoms with Crippen LogP contribution in [0, 0.1) is 5.92 Å². The summed E-state index contributed by atoms with van der Waals surface area (Å²) in [5.41, 5.74) is 5.90. The summed E-state index contributed by atoms with van der Waals surface area (Å²) < 4.78 is 0. The maximum atomic E-state index is 11.9.